The minimum atomic E-state index is -0.639. The van der Waals surface area contributed by atoms with Crippen LogP contribution in [-0.2, 0) is 19.1 Å². The zero-order chi connectivity index (χ0) is 21.7. The molecule has 2 aromatic carbocycles. The second-order valence-corrected chi connectivity index (χ2v) is 7.58. The number of anilines is 2. The molecule has 1 aliphatic rings. The van der Waals surface area contributed by atoms with E-state index >= 15 is 0 Å². The highest BCUT2D eigenvalue weighted by Gasteiger charge is 2.40. The molecule has 0 bridgehead atoms. The van der Waals surface area contributed by atoms with Crippen molar-refractivity contribution in [2.75, 3.05) is 30.2 Å². The number of carbonyl (C=O) groups excluding carboxylic acids is 4. The number of nitrogens with one attached hydrogen (secondary N) is 1. The number of hydrogen-bond donors (Lipinski definition) is 1. The van der Waals surface area contributed by atoms with Crippen LogP contribution in [0.2, 0.25) is 0 Å². The molecule has 3 rings (SSSR count). The summed E-state index contributed by atoms with van der Waals surface area (Å²) in [4.78, 5) is 49.8. The monoisotopic (exact) mass is 428 g/mol. The summed E-state index contributed by atoms with van der Waals surface area (Å²) in [5, 5.41) is 2.10. The molecule has 1 N–H and O–H groups in total. The number of hydrogen-bond acceptors (Lipinski definition) is 7. The molecule has 1 aliphatic heterocycles. The Kier molecular flexibility index (Phi) is 6.73. The summed E-state index contributed by atoms with van der Waals surface area (Å²) in [5.41, 5.74) is 1.31. The first-order chi connectivity index (χ1) is 14.4. The zero-order valence-corrected chi connectivity index (χ0v) is 17.2. The lowest BCUT2D eigenvalue weighted by molar-refractivity contribution is -0.121. The third kappa shape index (κ3) is 4.80. The molecular formula is C21H20N2O6S. The van der Waals surface area contributed by atoms with Crippen LogP contribution >= 0.6 is 11.8 Å². The van der Waals surface area contributed by atoms with Gasteiger partial charge in [-0.3, -0.25) is 14.4 Å². The van der Waals surface area contributed by atoms with Gasteiger partial charge in [0.15, 0.2) is 0 Å². The van der Waals surface area contributed by atoms with Crippen LogP contribution in [-0.4, -0.2) is 48.9 Å². The van der Waals surface area contributed by atoms with Crippen LogP contribution in [0.4, 0.5) is 11.4 Å². The number of nitrogens with zero attached hydrogens (tertiary/aromatic N) is 1. The van der Waals surface area contributed by atoms with E-state index in [0.29, 0.717) is 22.7 Å². The molecule has 1 heterocycles. The molecule has 0 saturated carbocycles. The molecule has 3 amide bonds. The van der Waals surface area contributed by atoms with Crippen molar-refractivity contribution < 1.29 is 28.7 Å². The zero-order valence-electron chi connectivity index (χ0n) is 16.4. The van der Waals surface area contributed by atoms with E-state index in [1.54, 1.807) is 31.4 Å². The molecule has 0 aromatic heterocycles. The predicted molar refractivity (Wildman–Crippen MR) is 113 cm³/mol. The fourth-order valence-electron chi connectivity index (χ4n) is 2.92. The molecule has 156 valence electrons. The molecule has 0 radical (unpaired) electrons. The third-order valence-electron chi connectivity index (χ3n) is 4.44. The number of thioether (sulfide) groups is 1. The van der Waals surface area contributed by atoms with Gasteiger partial charge in [-0.25, -0.2) is 9.69 Å². The number of carbonyl (C=O) groups is 4. The Morgan fingerprint density at radius 2 is 1.73 bits per heavy atom. The number of rotatable bonds is 7. The molecule has 2 aromatic rings. The smallest absolute Gasteiger partial charge is 0.337 e. The van der Waals surface area contributed by atoms with Crippen LogP contribution in [0.5, 0.6) is 5.75 Å². The molecular weight excluding hydrogens is 408 g/mol. The van der Waals surface area contributed by atoms with Gasteiger partial charge in [-0.1, -0.05) is 0 Å². The van der Waals surface area contributed by atoms with Gasteiger partial charge in [-0.05, 0) is 48.5 Å². The van der Waals surface area contributed by atoms with Crippen LogP contribution < -0.4 is 15.0 Å². The maximum atomic E-state index is 12.7. The van der Waals surface area contributed by atoms with Gasteiger partial charge in [0.25, 0.3) is 0 Å². The fourth-order valence-corrected chi connectivity index (χ4v) is 3.85. The van der Waals surface area contributed by atoms with Crippen molar-refractivity contribution in [3.8, 4) is 5.75 Å². The SMILES string of the molecule is COC(=O)c1ccc(N2C(=O)C[C@@H](SCC(=O)Nc3ccc(OC)cc3)C2=O)cc1. The average Bonchev–Trinajstić information content (AvgIpc) is 3.05. The summed E-state index contributed by atoms with van der Waals surface area (Å²) >= 11 is 1.12. The highest BCUT2D eigenvalue weighted by Crippen LogP contribution is 2.30. The topological polar surface area (TPSA) is 102 Å². The first-order valence-corrected chi connectivity index (χ1v) is 10.1. The van der Waals surface area contributed by atoms with E-state index in [2.05, 4.69) is 10.1 Å². The molecule has 1 fully saturated rings. The second-order valence-electron chi connectivity index (χ2n) is 6.39. The van der Waals surface area contributed by atoms with Crippen molar-refractivity contribution in [1.29, 1.82) is 0 Å². The largest absolute Gasteiger partial charge is 0.497 e. The van der Waals surface area contributed by atoms with Gasteiger partial charge in [0.2, 0.25) is 17.7 Å². The molecule has 8 nitrogen and oxygen atoms in total. The fraction of sp³-hybridized carbons (Fsp3) is 0.238. The summed E-state index contributed by atoms with van der Waals surface area (Å²) in [6, 6.07) is 12.9. The molecule has 0 unspecified atom stereocenters. The minimum Gasteiger partial charge on any atom is -0.497 e. The number of amides is 3. The number of esters is 1. The van der Waals surface area contributed by atoms with Crippen molar-refractivity contribution in [3.63, 3.8) is 0 Å². The van der Waals surface area contributed by atoms with E-state index in [1.165, 1.54) is 31.4 Å². The lowest BCUT2D eigenvalue weighted by Crippen LogP contribution is -2.31. The van der Waals surface area contributed by atoms with Gasteiger partial charge in [-0.15, -0.1) is 11.8 Å². The van der Waals surface area contributed by atoms with E-state index < -0.39 is 11.2 Å². The lowest BCUT2D eigenvalue weighted by atomic mass is 10.2. The number of imide groups is 1. The Morgan fingerprint density at radius 3 is 2.33 bits per heavy atom. The Bertz CT molecular complexity index is 958. The normalized spacial score (nSPS) is 15.8. The Labute approximate surface area is 177 Å². The van der Waals surface area contributed by atoms with Crippen molar-refractivity contribution in [1.82, 2.24) is 0 Å². The van der Waals surface area contributed by atoms with Crippen LogP contribution in [0, 0.1) is 0 Å². The Morgan fingerprint density at radius 1 is 1.07 bits per heavy atom. The summed E-state index contributed by atoms with van der Waals surface area (Å²) in [6.45, 7) is 0. The van der Waals surface area contributed by atoms with E-state index in [-0.39, 0.29) is 29.9 Å². The summed E-state index contributed by atoms with van der Waals surface area (Å²) in [6.07, 6.45) is 0.0120. The number of ether oxygens (including phenoxy) is 2. The van der Waals surface area contributed by atoms with Gasteiger partial charge in [0, 0.05) is 12.1 Å². The molecule has 30 heavy (non-hydrogen) atoms. The maximum absolute atomic E-state index is 12.7. The summed E-state index contributed by atoms with van der Waals surface area (Å²) in [5.74, 6) is -0.794. The van der Waals surface area contributed by atoms with Crippen molar-refractivity contribution in [2.24, 2.45) is 0 Å². The van der Waals surface area contributed by atoms with Crippen molar-refractivity contribution in [2.45, 2.75) is 11.7 Å². The molecule has 1 atom stereocenters. The van der Waals surface area contributed by atoms with Crippen LogP contribution in [0.1, 0.15) is 16.8 Å². The number of methoxy groups -OCH3 is 2. The molecule has 9 heteroatoms. The highest BCUT2D eigenvalue weighted by atomic mass is 32.2. The number of benzene rings is 2. The van der Waals surface area contributed by atoms with Crippen molar-refractivity contribution in [3.05, 3.63) is 54.1 Å². The quantitative estimate of drug-likeness (QED) is 0.534. The van der Waals surface area contributed by atoms with E-state index in [9.17, 15) is 19.2 Å². The third-order valence-corrected chi connectivity index (χ3v) is 5.64. The summed E-state index contributed by atoms with van der Waals surface area (Å²) in [7, 11) is 2.83. The predicted octanol–water partition coefficient (Wildman–Crippen LogP) is 2.49. The molecule has 0 spiro atoms. The lowest BCUT2D eigenvalue weighted by Gasteiger charge is -2.15. The van der Waals surface area contributed by atoms with Gasteiger partial charge >= 0.3 is 5.97 Å². The van der Waals surface area contributed by atoms with Gasteiger partial charge in [-0.2, -0.15) is 0 Å². The van der Waals surface area contributed by atoms with Crippen LogP contribution in [0.25, 0.3) is 0 Å². The second kappa shape index (κ2) is 9.45. The molecule has 1 saturated heterocycles. The van der Waals surface area contributed by atoms with Crippen LogP contribution in [0.15, 0.2) is 48.5 Å². The van der Waals surface area contributed by atoms with Gasteiger partial charge < -0.3 is 14.8 Å². The Balaban J connectivity index is 1.57. The van der Waals surface area contributed by atoms with E-state index in [4.69, 9.17) is 4.74 Å². The standard InChI is InChI=1S/C21H20N2O6S/c1-28-16-9-5-14(6-10-16)22-18(24)12-30-17-11-19(25)23(20(17)26)15-7-3-13(4-8-15)21(27)29-2/h3-10,17H,11-12H2,1-2H3,(H,22,24)/t17-/m1/s1. The first kappa shape index (κ1) is 21.4. The average molecular weight is 428 g/mol. The Hall–Kier alpha value is -3.33. The van der Waals surface area contributed by atoms with Crippen molar-refractivity contribution >= 4 is 46.8 Å². The van der Waals surface area contributed by atoms with Gasteiger partial charge in [0.05, 0.1) is 36.5 Å². The minimum absolute atomic E-state index is 0.0120. The molecule has 0 aliphatic carbocycles. The highest BCUT2D eigenvalue weighted by molar-refractivity contribution is 8.01. The van der Waals surface area contributed by atoms with Gasteiger partial charge in [0.1, 0.15) is 5.75 Å². The van der Waals surface area contributed by atoms with Crippen LogP contribution in [0.3, 0.4) is 0 Å². The summed E-state index contributed by atoms with van der Waals surface area (Å²) < 4.78 is 9.70. The van der Waals surface area contributed by atoms with E-state index in [1.807, 2.05) is 0 Å². The first-order valence-electron chi connectivity index (χ1n) is 9.03. The van der Waals surface area contributed by atoms with E-state index in [0.717, 1.165) is 16.7 Å². The maximum Gasteiger partial charge on any atom is 0.337 e.